The van der Waals surface area contributed by atoms with Gasteiger partial charge in [-0.25, -0.2) is 0 Å². The maximum Gasteiger partial charge on any atom is 0.145 e. The van der Waals surface area contributed by atoms with Crippen LogP contribution < -0.4 is 9.64 Å². The molecule has 1 aliphatic heterocycles. The average Bonchev–Trinajstić information content (AvgIpc) is 2.06. The molecule has 11 heavy (non-hydrogen) atoms. The monoisotopic (exact) mass is 150 g/mol. The van der Waals surface area contributed by atoms with Crippen LogP contribution in [0, 0.1) is 0 Å². The molecule has 1 aromatic heterocycles. The number of hydrogen-bond donors (Lipinski definition) is 0. The molecule has 0 fully saturated rings. The van der Waals surface area contributed by atoms with Gasteiger partial charge in [-0.3, -0.25) is 4.98 Å². The third kappa shape index (κ3) is 1.02. The van der Waals surface area contributed by atoms with Gasteiger partial charge in [-0.05, 0) is 0 Å². The van der Waals surface area contributed by atoms with Crippen LogP contribution >= 0.6 is 0 Å². The van der Waals surface area contributed by atoms with Gasteiger partial charge in [-0.1, -0.05) is 0 Å². The molecule has 0 N–H and O–H groups in total. The highest BCUT2D eigenvalue weighted by molar-refractivity contribution is 5.57. The first-order valence-corrected chi connectivity index (χ1v) is 3.66. The van der Waals surface area contributed by atoms with E-state index in [1.807, 2.05) is 19.3 Å². The molecular weight excluding hydrogens is 140 g/mol. The summed E-state index contributed by atoms with van der Waals surface area (Å²) in [7, 11) is 2.04. The molecular formula is C8H10N2O. The summed E-state index contributed by atoms with van der Waals surface area (Å²) in [6.45, 7) is 1.71. The minimum Gasteiger partial charge on any atom is -0.489 e. The Morgan fingerprint density at radius 1 is 1.64 bits per heavy atom. The van der Waals surface area contributed by atoms with Gasteiger partial charge in [0.05, 0.1) is 18.4 Å². The van der Waals surface area contributed by atoms with Crippen LogP contribution in [-0.4, -0.2) is 25.2 Å². The first-order chi connectivity index (χ1) is 5.38. The zero-order valence-corrected chi connectivity index (χ0v) is 6.45. The van der Waals surface area contributed by atoms with Gasteiger partial charge in [0.1, 0.15) is 12.4 Å². The first-order valence-electron chi connectivity index (χ1n) is 3.66. The molecule has 0 spiro atoms. The topological polar surface area (TPSA) is 25.4 Å². The van der Waals surface area contributed by atoms with E-state index in [2.05, 4.69) is 9.88 Å². The second-order valence-corrected chi connectivity index (χ2v) is 2.61. The van der Waals surface area contributed by atoms with E-state index in [0.29, 0.717) is 0 Å². The number of nitrogens with zero attached hydrogens (tertiary/aromatic N) is 2. The zero-order chi connectivity index (χ0) is 7.68. The van der Waals surface area contributed by atoms with Crippen LogP contribution in [0.5, 0.6) is 5.75 Å². The number of fused-ring (bicyclic) bond motifs is 1. The maximum atomic E-state index is 5.41. The molecule has 0 amide bonds. The summed E-state index contributed by atoms with van der Waals surface area (Å²) < 4.78 is 5.41. The summed E-state index contributed by atoms with van der Waals surface area (Å²) in [5.74, 6) is 0.939. The lowest BCUT2D eigenvalue weighted by molar-refractivity contribution is 0.311. The van der Waals surface area contributed by atoms with Crippen molar-refractivity contribution in [3.8, 4) is 5.75 Å². The van der Waals surface area contributed by atoms with E-state index < -0.39 is 0 Å². The molecule has 3 nitrogen and oxygen atoms in total. The Labute approximate surface area is 65.6 Å². The van der Waals surface area contributed by atoms with E-state index in [4.69, 9.17) is 4.74 Å². The third-order valence-corrected chi connectivity index (χ3v) is 1.86. The van der Waals surface area contributed by atoms with Crippen molar-refractivity contribution >= 4 is 5.69 Å². The highest BCUT2D eigenvalue weighted by atomic mass is 16.5. The predicted octanol–water partition coefficient (Wildman–Crippen LogP) is 0.910. The number of aromatic nitrogens is 1. The lowest BCUT2D eigenvalue weighted by Gasteiger charge is -2.26. The van der Waals surface area contributed by atoms with Crippen LogP contribution in [0.1, 0.15) is 0 Å². The van der Waals surface area contributed by atoms with Crippen LogP contribution in [0.3, 0.4) is 0 Å². The largest absolute Gasteiger partial charge is 0.489 e. The fourth-order valence-corrected chi connectivity index (χ4v) is 1.20. The summed E-state index contributed by atoms with van der Waals surface area (Å²) in [6.07, 6.45) is 3.58. The summed E-state index contributed by atoms with van der Waals surface area (Å²) in [4.78, 5) is 6.17. The fourth-order valence-electron chi connectivity index (χ4n) is 1.20. The zero-order valence-electron chi connectivity index (χ0n) is 6.45. The molecule has 0 saturated carbocycles. The molecule has 2 rings (SSSR count). The fraction of sp³-hybridized carbons (Fsp3) is 0.375. The quantitative estimate of drug-likeness (QED) is 0.549. The van der Waals surface area contributed by atoms with Gasteiger partial charge in [0.15, 0.2) is 0 Å². The standard InChI is InChI=1S/C8H10N2O/c1-10-4-5-11-8-2-3-9-6-7(8)10/h2-3,6H,4-5H2,1H3. The van der Waals surface area contributed by atoms with Crippen LogP contribution in [0.25, 0.3) is 0 Å². The molecule has 0 radical (unpaired) electrons. The molecule has 2 heterocycles. The molecule has 0 atom stereocenters. The second kappa shape index (κ2) is 2.42. The Balaban J connectivity index is 2.44. The van der Waals surface area contributed by atoms with Crippen molar-refractivity contribution < 1.29 is 4.74 Å². The molecule has 0 bridgehead atoms. The Morgan fingerprint density at radius 3 is 3.36 bits per heavy atom. The Bertz CT molecular complexity index is 262. The van der Waals surface area contributed by atoms with Crippen molar-refractivity contribution in [1.82, 2.24) is 4.98 Å². The molecule has 0 saturated heterocycles. The molecule has 0 unspecified atom stereocenters. The van der Waals surface area contributed by atoms with Crippen molar-refractivity contribution in [3.05, 3.63) is 18.5 Å². The van der Waals surface area contributed by atoms with Gasteiger partial charge >= 0.3 is 0 Å². The summed E-state index contributed by atoms with van der Waals surface area (Å²) in [5.41, 5.74) is 1.08. The van der Waals surface area contributed by atoms with Crippen LogP contribution in [0.15, 0.2) is 18.5 Å². The Hall–Kier alpha value is -1.25. The number of anilines is 1. The van der Waals surface area contributed by atoms with Crippen molar-refractivity contribution in [1.29, 1.82) is 0 Å². The van der Waals surface area contributed by atoms with Crippen LogP contribution in [0.4, 0.5) is 5.69 Å². The van der Waals surface area contributed by atoms with Gasteiger partial charge in [0.2, 0.25) is 0 Å². The second-order valence-electron chi connectivity index (χ2n) is 2.61. The van der Waals surface area contributed by atoms with Crippen molar-refractivity contribution in [2.75, 3.05) is 25.1 Å². The highest BCUT2D eigenvalue weighted by Gasteiger charge is 2.13. The van der Waals surface area contributed by atoms with Gasteiger partial charge in [-0.2, -0.15) is 0 Å². The normalized spacial score (nSPS) is 15.5. The number of likely N-dealkylation sites (N-methyl/N-ethyl adjacent to an activating group) is 1. The third-order valence-electron chi connectivity index (χ3n) is 1.86. The smallest absolute Gasteiger partial charge is 0.145 e. The van der Waals surface area contributed by atoms with E-state index in [1.165, 1.54) is 0 Å². The van der Waals surface area contributed by atoms with Crippen molar-refractivity contribution in [3.63, 3.8) is 0 Å². The van der Waals surface area contributed by atoms with E-state index in [1.54, 1.807) is 6.20 Å². The lowest BCUT2D eigenvalue weighted by Crippen LogP contribution is -2.28. The van der Waals surface area contributed by atoms with Crippen molar-refractivity contribution in [2.45, 2.75) is 0 Å². The van der Waals surface area contributed by atoms with Crippen molar-refractivity contribution in [2.24, 2.45) is 0 Å². The summed E-state index contributed by atoms with van der Waals surface area (Å²) in [5, 5.41) is 0. The number of rotatable bonds is 0. The van der Waals surface area contributed by atoms with Gasteiger partial charge in [-0.15, -0.1) is 0 Å². The Morgan fingerprint density at radius 2 is 2.55 bits per heavy atom. The maximum absolute atomic E-state index is 5.41. The first kappa shape index (κ1) is 6.46. The molecule has 58 valence electrons. The summed E-state index contributed by atoms with van der Waals surface area (Å²) >= 11 is 0. The lowest BCUT2D eigenvalue weighted by atomic mass is 10.3. The highest BCUT2D eigenvalue weighted by Crippen LogP contribution is 2.28. The minimum atomic E-state index is 0.771. The molecule has 1 aromatic rings. The molecule has 0 aromatic carbocycles. The van der Waals surface area contributed by atoms with E-state index in [9.17, 15) is 0 Å². The van der Waals surface area contributed by atoms with Gasteiger partial charge in [0.25, 0.3) is 0 Å². The van der Waals surface area contributed by atoms with Crippen LogP contribution in [-0.2, 0) is 0 Å². The number of pyridine rings is 1. The van der Waals surface area contributed by atoms with E-state index >= 15 is 0 Å². The minimum absolute atomic E-state index is 0.771. The molecule has 3 heteroatoms. The van der Waals surface area contributed by atoms with Gasteiger partial charge < -0.3 is 9.64 Å². The number of hydrogen-bond acceptors (Lipinski definition) is 3. The molecule has 0 aliphatic carbocycles. The predicted molar refractivity (Wildman–Crippen MR) is 43.0 cm³/mol. The average molecular weight is 150 g/mol. The summed E-state index contributed by atoms with van der Waals surface area (Å²) in [6, 6.07) is 1.89. The van der Waals surface area contributed by atoms with E-state index in [0.717, 1.165) is 24.6 Å². The SMILES string of the molecule is CN1CCOc2ccncc21. The molecule has 1 aliphatic rings. The van der Waals surface area contributed by atoms with Gasteiger partial charge in [0, 0.05) is 19.3 Å². The Kier molecular flexibility index (Phi) is 1.42. The van der Waals surface area contributed by atoms with Crippen LogP contribution in [0.2, 0.25) is 0 Å². The van der Waals surface area contributed by atoms with E-state index in [-0.39, 0.29) is 0 Å². The number of ether oxygens (including phenoxy) is 1.